The molecule has 112 valence electrons. The minimum absolute atomic E-state index is 0.368. The van der Waals surface area contributed by atoms with Crippen LogP contribution in [0.5, 0.6) is 0 Å². The summed E-state index contributed by atoms with van der Waals surface area (Å²) < 4.78 is 0. The fraction of sp³-hybridized carbons (Fsp3) is 1.00. The molecule has 1 N–H and O–H groups in total. The van der Waals surface area contributed by atoms with E-state index in [0.29, 0.717) is 24.5 Å². The smallest absolute Gasteiger partial charge is 0.0474 e. The number of aliphatic hydroxyl groups is 1. The Kier molecular flexibility index (Phi) is 6.11. The van der Waals surface area contributed by atoms with Crippen LogP contribution in [-0.2, 0) is 0 Å². The molecule has 0 aromatic rings. The van der Waals surface area contributed by atoms with Crippen molar-refractivity contribution in [1.29, 1.82) is 0 Å². The molecule has 2 saturated heterocycles. The van der Waals surface area contributed by atoms with Gasteiger partial charge in [-0.3, -0.25) is 0 Å². The predicted octanol–water partition coefficient (Wildman–Crippen LogP) is 2.20. The Balaban J connectivity index is 1.82. The third kappa shape index (κ3) is 4.44. The third-order valence-corrected chi connectivity index (χ3v) is 5.08. The van der Waals surface area contributed by atoms with Crippen LogP contribution in [0.15, 0.2) is 0 Å². The van der Waals surface area contributed by atoms with Gasteiger partial charge in [0.15, 0.2) is 0 Å². The molecule has 0 aromatic heterocycles. The van der Waals surface area contributed by atoms with Crippen LogP contribution in [0, 0.1) is 11.8 Å². The van der Waals surface area contributed by atoms with Crippen molar-refractivity contribution in [1.82, 2.24) is 9.80 Å². The standard InChI is InChI=1S/C16H32N2O/c1-14(2)18-10-7-15(12-18)16(13-19)11-17-8-5-3-4-6-9-17/h14-16,19H,3-13H2,1-2H3. The highest BCUT2D eigenvalue weighted by Gasteiger charge is 2.31. The quantitative estimate of drug-likeness (QED) is 0.828. The zero-order chi connectivity index (χ0) is 13.7. The molecule has 0 aromatic carbocycles. The second kappa shape index (κ2) is 7.61. The molecular weight excluding hydrogens is 236 g/mol. The molecule has 0 amide bonds. The van der Waals surface area contributed by atoms with E-state index in [0.717, 1.165) is 6.54 Å². The molecule has 2 aliphatic rings. The molecular formula is C16H32N2O. The molecule has 3 heteroatoms. The van der Waals surface area contributed by atoms with Gasteiger partial charge < -0.3 is 14.9 Å². The maximum atomic E-state index is 9.77. The van der Waals surface area contributed by atoms with Crippen molar-refractivity contribution in [2.45, 2.75) is 52.0 Å². The maximum Gasteiger partial charge on any atom is 0.0474 e. The number of aliphatic hydroxyl groups excluding tert-OH is 1. The van der Waals surface area contributed by atoms with Crippen molar-refractivity contribution in [3.8, 4) is 0 Å². The van der Waals surface area contributed by atoms with Gasteiger partial charge in [-0.2, -0.15) is 0 Å². The third-order valence-electron chi connectivity index (χ3n) is 5.08. The molecule has 2 fully saturated rings. The second-order valence-corrected chi connectivity index (χ2v) is 6.79. The highest BCUT2D eigenvalue weighted by molar-refractivity contribution is 4.84. The highest BCUT2D eigenvalue weighted by Crippen LogP contribution is 2.26. The minimum Gasteiger partial charge on any atom is -0.396 e. The van der Waals surface area contributed by atoms with Crippen molar-refractivity contribution in [2.75, 3.05) is 39.3 Å². The van der Waals surface area contributed by atoms with E-state index in [1.807, 2.05) is 0 Å². The van der Waals surface area contributed by atoms with Gasteiger partial charge in [0.05, 0.1) is 0 Å². The van der Waals surface area contributed by atoms with E-state index in [1.54, 1.807) is 0 Å². The van der Waals surface area contributed by atoms with Gasteiger partial charge in [-0.05, 0) is 64.6 Å². The van der Waals surface area contributed by atoms with Gasteiger partial charge in [-0.25, -0.2) is 0 Å². The molecule has 2 aliphatic heterocycles. The first-order valence-corrected chi connectivity index (χ1v) is 8.28. The van der Waals surface area contributed by atoms with Crippen LogP contribution in [0.25, 0.3) is 0 Å². The van der Waals surface area contributed by atoms with Gasteiger partial charge in [0.2, 0.25) is 0 Å². The van der Waals surface area contributed by atoms with E-state index in [9.17, 15) is 5.11 Å². The Labute approximate surface area is 119 Å². The SMILES string of the molecule is CC(C)N1CCC(C(CO)CN2CCCCCC2)C1. The van der Waals surface area contributed by atoms with Gasteiger partial charge in [-0.15, -0.1) is 0 Å². The van der Waals surface area contributed by atoms with E-state index in [2.05, 4.69) is 23.6 Å². The van der Waals surface area contributed by atoms with E-state index < -0.39 is 0 Å². The average Bonchev–Trinajstić information content (AvgIpc) is 2.75. The summed E-state index contributed by atoms with van der Waals surface area (Å²) in [5.74, 6) is 1.19. The lowest BCUT2D eigenvalue weighted by Gasteiger charge is -2.29. The first-order valence-electron chi connectivity index (χ1n) is 8.28. The lowest BCUT2D eigenvalue weighted by atomic mass is 9.91. The zero-order valence-corrected chi connectivity index (χ0v) is 12.9. The molecule has 0 aliphatic carbocycles. The van der Waals surface area contributed by atoms with E-state index in [-0.39, 0.29) is 0 Å². The number of nitrogens with zero attached hydrogens (tertiary/aromatic N) is 2. The lowest BCUT2D eigenvalue weighted by molar-refractivity contribution is 0.121. The zero-order valence-electron chi connectivity index (χ0n) is 12.9. The van der Waals surface area contributed by atoms with E-state index in [1.165, 1.54) is 58.3 Å². The van der Waals surface area contributed by atoms with Crippen LogP contribution in [0.4, 0.5) is 0 Å². The molecule has 0 radical (unpaired) electrons. The van der Waals surface area contributed by atoms with Crippen LogP contribution in [-0.4, -0.2) is 60.3 Å². The first kappa shape index (κ1) is 15.3. The van der Waals surface area contributed by atoms with Crippen molar-refractivity contribution in [3.05, 3.63) is 0 Å². The summed E-state index contributed by atoms with van der Waals surface area (Å²) in [6.45, 7) is 11.0. The maximum absolute atomic E-state index is 9.77. The highest BCUT2D eigenvalue weighted by atomic mass is 16.3. The second-order valence-electron chi connectivity index (χ2n) is 6.79. The van der Waals surface area contributed by atoms with Gasteiger partial charge >= 0.3 is 0 Å². The lowest BCUT2D eigenvalue weighted by Crippen LogP contribution is -2.37. The number of likely N-dealkylation sites (tertiary alicyclic amines) is 2. The topological polar surface area (TPSA) is 26.7 Å². The molecule has 3 nitrogen and oxygen atoms in total. The van der Waals surface area contributed by atoms with Gasteiger partial charge in [-0.1, -0.05) is 12.8 Å². The van der Waals surface area contributed by atoms with Crippen molar-refractivity contribution < 1.29 is 5.11 Å². The molecule has 0 spiro atoms. The van der Waals surface area contributed by atoms with Crippen molar-refractivity contribution >= 4 is 0 Å². The summed E-state index contributed by atoms with van der Waals surface area (Å²) in [6.07, 6.45) is 6.76. The molecule has 0 saturated carbocycles. The van der Waals surface area contributed by atoms with Gasteiger partial charge in [0.25, 0.3) is 0 Å². The molecule has 19 heavy (non-hydrogen) atoms. The van der Waals surface area contributed by atoms with Crippen LogP contribution in [0.1, 0.15) is 46.0 Å². The fourth-order valence-corrected chi connectivity index (χ4v) is 3.68. The van der Waals surface area contributed by atoms with E-state index >= 15 is 0 Å². The predicted molar refractivity (Wildman–Crippen MR) is 80.3 cm³/mol. The molecule has 2 rings (SSSR count). The molecule has 2 atom stereocenters. The Morgan fingerprint density at radius 2 is 1.74 bits per heavy atom. The molecule has 2 unspecified atom stereocenters. The van der Waals surface area contributed by atoms with Crippen molar-refractivity contribution in [2.24, 2.45) is 11.8 Å². The largest absolute Gasteiger partial charge is 0.396 e. The minimum atomic E-state index is 0.368. The summed E-state index contributed by atoms with van der Waals surface area (Å²) in [5, 5.41) is 9.77. The average molecular weight is 268 g/mol. The molecule has 2 heterocycles. The number of hydrogen-bond acceptors (Lipinski definition) is 3. The Morgan fingerprint density at radius 3 is 2.26 bits per heavy atom. The first-order chi connectivity index (χ1) is 9.20. The van der Waals surface area contributed by atoms with Crippen LogP contribution in [0.2, 0.25) is 0 Å². The normalized spacial score (nSPS) is 28.7. The number of hydrogen-bond donors (Lipinski definition) is 1. The molecule has 0 bridgehead atoms. The summed E-state index contributed by atoms with van der Waals surface area (Å²) in [6, 6.07) is 0.655. The Morgan fingerprint density at radius 1 is 1.05 bits per heavy atom. The Hall–Kier alpha value is -0.120. The summed E-state index contributed by atoms with van der Waals surface area (Å²) in [4.78, 5) is 5.17. The van der Waals surface area contributed by atoms with Crippen LogP contribution in [0.3, 0.4) is 0 Å². The number of rotatable bonds is 5. The monoisotopic (exact) mass is 268 g/mol. The summed E-state index contributed by atoms with van der Waals surface area (Å²) >= 11 is 0. The van der Waals surface area contributed by atoms with Gasteiger partial charge in [0, 0.05) is 25.7 Å². The van der Waals surface area contributed by atoms with Crippen LogP contribution >= 0.6 is 0 Å². The van der Waals surface area contributed by atoms with Gasteiger partial charge in [0.1, 0.15) is 0 Å². The van der Waals surface area contributed by atoms with E-state index in [4.69, 9.17) is 0 Å². The van der Waals surface area contributed by atoms with Crippen molar-refractivity contribution in [3.63, 3.8) is 0 Å². The summed E-state index contributed by atoms with van der Waals surface area (Å²) in [7, 11) is 0. The van der Waals surface area contributed by atoms with Crippen LogP contribution < -0.4 is 0 Å². The summed E-state index contributed by atoms with van der Waals surface area (Å²) in [5.41, 5.74) is 0. The Bertz CT molecular complexity index is 249. The fourth-order valence-electron chi connectivity index (χ4n) is 3.68.